The zero-order valence-electron chi connectivity index (χ0n) is 10.3. The quantitative estimate of drug-likeness (QED) is 0.833. The van der Waals surface area contributed by atoms with Crippen LogP contribution in [0.5, 0.6) is 0 Å². The van der Waals surface area contributed by atoms with Gasteiger partial charge in [0.25, 0.3) is 5.91 Å². The van der Waals surface area contributed by atoms with Crippen molar-refractivity contribution in [1.29, 1.82) is 0 Å². The van der Waals surface area contributed by atoms with Crippen LogP contribution in [0.3, 0.4) is 0 Å². The molecule has 1 heterocycles. The van der Waals surface area contributed by atoms with Crippen LogP contribution in [0.1, 0.15) is 20.1 Å². The van der Waals surface area contributed by atoms with Gasteiger partial charge in [0, 0.05) is 22.9 Å². The molecule has 2 aromatic rings. The van der Waals surface area contributed by atoms with E-state index in [1.807, 2.05) is 50.4 Å². The number of hydrogen-bond donors (Lipinski definition) is 0. The van der Waals surface area contributed by atoms with E-state index in [9.17, 15) is 4.79 Å². The number of amides is 1. The minimum Gasteiger partial charge on any atom is -0.337 e. The average molecular weight is 324 g/mol. The first-order chi connectivity index (χ1) is 8.58. The zero-order valence-corrected chi connectivity index (χ0v) is 12.7. The van der Waals surface area contributed by atoms with Gasteiger partial charge in [0.2, 0.25) is 0 Å². The second kappa shape index (κ2) is 5.67. The topological polar surface area (TPSA) is 20.3 Å². The molecule has 94 valence electrons. The number of benzene rings is 1. The normalized spacial score (nSPS) is 10.4. The fourth-order valence-corrected chi connectivity index (χ4v) is 2.96. The summed E-state index contributed by atoms with van der Waals surface area (Å²) in [5.74, 6) is 0.0730. The summed E-state index contributed by atoms with van der Waals surface area (Å²) in [6, 6.07) is 11.8. The second-order valence-corrected chi connectivity index (χ2v) is 6.31. The van der Waals surface area contributed by atoms with E-state index in [0.29, 0.717) is 6.54 Å². The number of halogens is 1. The van der Waals surface area contributed by atoms with Crippen LogP contribution in [-0.2, 0) is 6.54 Å². The Morgan fingerprint density at radius 2 is 2.00 bits per heavy atom. The predicted molar refractivity (Wildman–Crippen MR) is 79.0 cm³/mol. The van der Waals surface area contributed by atoms with Crippen molar-refractivity contribution >= 4 is 33.2 Å². The van der Waals surface area contributed by atoms with E-state index in [2.05, 4.69) is 15.9 Å². The van der Waals surface area contributed by atoms with Crippen molar-refractivity contribution in [3.8, 4) is 0 Å². The molecule has 18 heavy (non-hydrogen) atoms. The molecule has 0 atom stereocenters. The van der Waals surface area contributed by atoms with Gasteiger partial charge in [-0.2, -0.15) is 0 Å². The third-order valence-electron chi connectivity index (χ3n) is 2.66. The maximum absolute atomic E-state index is 12.2. The van der Waals surface area contributed by atoms with Crippen molar-refractivity contribution in [3.63, 3.8) is 0 Å². The number of nitrogens with zero attached hydrogens (tertiary/aromatic N) is 1. The molecule has 1 aromatic carbocycles. The van der Waals surface area contributed by atoms with Gasteiger partial charge in [-0.05, 0) is 30.7 Å². The second-order valence-electron chi connectivity index (χ2n) is 4.16. The molecule has 0 radical (unpaired) electrons. The molecule has 2 rings (SSSR count). The first-order valence-corrected chi connectivity index (χ1v) is 7.24. The third kappa shape index (κ3) is 3.00. The fourth-order valence-electron chi connectivity index (χ4n) is 1.69. The summed E-state index contributed by atoms with van der Waals surface area (Å²) in [4.78, 5) is 15.9. The Labute approximate surface area is 119 Å². The summed E-state index contributed by atoms with van der Waals surface area (Å²) in [6.45, 7) is 2.62. The fraction of sp³-hybridized carbons (Fsp3) is 0.214. The van der Waals surface area contributed by atoms with Gasteiger partial charge in [-0.25, -0.2) is 0 Å². The molecular formula is C14H14BrNOS. The lowest BCUT2D eigenvalue weighted by molar-refractivity contribution is 0.0789. The Kier molecular flexibility index (Phi) is 4.19. The standard InChI is InChI=1S/C14H14BrNOS/c1-10-7-8-13(18-10)14(17)16(2)9-11-5-3-4-6-12(11)15/h3-8H,9H2,1-2H3. The minimum absolute atomic E-state index is 0.0730. The van der Waals surface area contributed by atoms with Crippen molar-refractivity contribution in [2.24, 2.45) is 0 Å². The van der Waals surface area contributed by atoms with Crippen LogP contribution in [0.4, 0.5) is 0 Å². The van der Waals surface area contributed by atoms with Crippen LogP contribution in [0.15, 0.2) is 40.9 Å². The smallest absolute Gasteiger partial charge is 0.263 e. The van der Waals surface area contributed by atoms with Crippen LogP contribution in [0.25, 0.3) is 0 Å². The molecule has 2 nitrogen and oxygen atoms in total. The highest BCUT2D eigenvalue weighted by Gasteiger charge is 2.14. The van der Waals surface area contributed by atoms with E-state index in [1.54, 1.807) is 4.90 Å². The Bertz CT molecular complexity index is 564. The highest BCUT2D eigenvalue weighted by atomic mass is 79.9. The Hall–Kier alpha value is -1.13. The number of rotatable bonds is 3. The van der Waals surface area contributed by atoms with Crippen LogP contribution < -0.4 is 0 Å². The lowest BCUT2D eigenvalue weighted by atomic mass is 10.2. The van der Waals surface area contributed by atoms with Gasteiger partial charge < -0.3 is 4.90 Å². The van der Waals surface area contributed by atoms with Crippen LogP contribution in [0, 0.1) is 6.92 Å². The summed E-state index contributed by atoms with van der Waals surface area (Å²) in [6.07, 6.45) is 0. The zero-order chi connectivity index (χ0) is 13.1. The monoisotopic (exact) mass is 323 g/mol. The number of hydrogen-bond acceptors (Lipinski definition) is 2. The lowest BCUT2D eigenvalue weighted by Gasteiger charge is -2.17. The average Bonchev–Trinajstić information content (AvgIpc) is 2.78. The third-order valence-corrected chi connectivity index (χ3v) is 4.43. The summed E-state index contributed by atoms with van der Waals surface area (Å²) in [5, 5.41) is 0. The molecular weight excluding hydrogens is 310 g/mol. The van der Waals surface area contributed by atoms with E-state index in [0.717, 1.165) is 19.8 Å². The molecule has 0 unspecified atom stereocenters. The number of carbonyl (C=O) groups excluding carboxylic acids is 1. The molecule has 0 bridgehead atoms. The van der Waals surface area contributed by atoms with Crippen LogP contribution >= 0.6 is 27.3 Å². The molecule has 0 saturated heterocycles. The van der Waals surface area contributed by atoms with Gasteiger partial charge in [0.05, 0.1) is 4.88 Å². The number of carbonyl (C=O) groups is 1. The van der Waals surface area contributed by atoms with Gasteiger partial charge >= 0.3 is 0 Å². The molecule has 4 heteroatoms. The largest absolute Gasteiger partial charge is 0.337 e. The molecule has 0 aliphatic rings. The first-order valence-electron chi connectivity index (χ1n) is 5.63. The van der Waals surface area contributed by atoms with E-state index >= 15 is 0 Å². The number of aryl methyl sites for hydroxylation is 1. The molecule has 0 fully saturated rings. The Morgan fingerprint density at radius 3 is 2.61 bits per heavy atom. The summed E-state index contributed by atoms with van der Waals surface area (Å²) in [7, 11) is 1.83. The van der Waals surface area contributed by atoms with Crippen molar-refractivity contribution in [1.82, 2.24) is 4.90 Å². The van der Waals surface area contributed by atoms with Crippen LogP contribution in [-0.4, -0.2) is 17.9 Å². The van der Waals surface area contributed by atoms with Crippen LogP contribution in [0.2, 0.25) is 0 Å². The van der Waals surface area contributed by atoms with Gasteiger partial charge in [-0.15, -0.1) is 11.3 Å². The first kappa shape index (κ1) is 13.3. The summed E-state index contributed by atoms with van der Waals surface area (Å²) in [5.41, 5.74) is 1.11. The van der Waals surface area contributed by atoms with Crippen molar-refractivity contribution < 1.29 is 4.79 Å². The summed E-state index contributed by atoms with van der Waals surface area (Å²) < 4.78 is 1.03. The van der Waals surface area contributed by atoms with E-state index in [-0.39, 0.29) is 5.91 Å². The SMILES string of the molecule is Cc1ccc(C(=O)N(C)Cc2ccccc2Br)s1. The lowest BCUT2D eigenvalue weighted by Crippen LogP contribution is -2.25. The van der Waals surface area contributed by atoms with Gasteiger partial charge in [-0.3, -0.25) is 4.79 Å². The van der Waals surface area contributed by atoms with Crippen molar-refractivity contribution in [2.75, 3.05) is 7.05 Å². The Balaban J connectivity index is 2.11. The van der Waals surface area contributed by atoms with Crippen molar-refractivity contribution in [2.45, 2.75) is 13.5 Å². The maximum Gasteiger partial charge on any atom is 0.263 e. The molecule has 1 aromatic heterocycles. The molecule has 1 amide bonds. The molecule has 0 aliphatic heterocycles. The summed E-state index contributed by atoms with van der Waals surface area (Å²) >= 11 is 5.03. The van der Waals surface area contributed by atoms with Gasteiger partial charge in [0.1, 0.15) is 0 Å². The molecule has 0 spiro atoms. The highest BCUT2D eigenvalue weighted by Crippen LogP contribution is 2.20. The molecule has 0 aliphatic carbocycles. The molecule has 0 saturated carbocycles. The van der Waals surface area contributed by atoms with Gasteiger partial charge in [0.15, 0.2) is 0 Å². The van der Waals surface area contributed by atoms with E-state index < -0.39 is 0 Å². The van der Waals surface area contributed by atoms with E-state index in [1.165, 1.54) is 11.3 Å². The molecule has 0 N–H and O–H groups in total. The number of thiophene rings is 1. The van der Waals surface area contributed by atoms with Crippen molar-refractivity contribution in [3.05, 3.63) is 56.2 Å². The highest BCUT2D eigenvalue weighted by molar-refractivity contribution is 9.10. The van der Waals surface area contributed by atoms with E-state index in [4.69, 9.17) is 0 Å². The Morgan fingerprint density at radius 1 is 1.28 bits per heavy atom. The maximum atomic E-state index is 12.2. The predicted octanol–water partition coefficient (Wildman–Crippen LogP) is 4.09. The van der Waals surface area contributed by atoms with Gasteiger partial charge in [-0.1, -0.05) is 34.1 Å². The minimum atomic E-state index is 0.0730.